The summed E-state index contributed by atoms with van der Waals surface area (Å²) in [5, 5.41) is 4.95. The minimum atomic E-state index is -0.444. The predicted octanol–water partition coefficient (Wildman–Crippen LogP) is 4.25. The smallest absolute Gasteiger partial charge is 0.357 e. The van der Waals surface area contributed by atoms with Crippen LogP contribution in [0.2, 0.25) is 0 Å². The maximum atomic E-state index is 12.3. The number of unbranched alkanes of at least 4 members (excludes halogenated alkanes) is 1. The second-order valence-corrected chi connectivity index (χ2v) is 6.97. The molecule has 0 aromatic carbocycles. The molecule has 23 heavy (non-hydrogen) atoms. The van der Waals surface area contributed by atoms with E-state index < -0.39 is 5.97 Å². The second-order valence-electron chi connectivity index (χ2n) is 6.11. The highest BCUT2D eigenvalue weighted by Gasteiger charge is 2.26. The molecule has 1 saturated carbocycles. The van der Waals surface area contributed by atoms with Crippen LogP contribution in [0.1, 0.15) is 69.3 Å². The molecule has 1 amide bonds. The summed E-state index contributed by atoms with van der Waals surface area (Å²) in [5.74, 6) is 0.446. The highest BCUT2D eigenvalue weighted by molar-refractivity contribution is 7.14. The zero-order valence-corrected chi connectivity index (χ0v) is 14.8. The third kappa shape index (κ3) is 5.30. The fourth-order valence-corrected chi connectivity index (χ4v) is 3.73. The fraction of sp³-hybridized carbons (Fsp3) is 0.706. The van der Waals surface area contributed by atoms with Crippen molar-refractivity contribution in [2.24, 2.45) is 11.8 Å². The third-order valence-electron chi connectivity index (χ3n) is 4.40. The number of hydrogen-bond donors (Lipinski definition) is 1. The normalized spacial score (nSPS) is 21.0. The molecule has 2 rings (SSSR count). The van der Waals surface area contributed by atoms with Crippen LogP contribution in [0.25, 0.3) is 0 Å². The number of anilines is 1. The Balaban J connectivity index is 1.80. The fourth-order valence-electron chi connectivity index (χ4n) is 3.04. The van der Waals surface area contributed by atoms with Crippen molar-refractivity contribution in [1.82, 2.24) is 4.98 Å². The molecule has 128 valence electrons. The first kappa shape index (κ1) is 17.9. The van der Waals surface area contributed by atoms with Crippen LogP contribution in [0, 0.1) is 11.8 Å². The molecule has 1 fully saturated rings. The summed E-state index contributed by atoms with van der Waals surface area (Å²) in [5.41, 5.74) is 0.260. The van der Waals surface area contributed by atoms with E-state index >= 15 is 0 Å². The molecule has 0 radical (unpaired) electrons. The first-order valence-corrected chi connectivity index (χ1v) is 9.45. The van der Waals surface area contributed by atoms with E-state index in [-0.39, 0.29) is 17.5 Å². The lowest BCUT2D eigenvalue weighted by Crippen LogP contribution is -2.27. The van der Waals surface area contributed by atoms with E-state index in [1.807, 2.05) is 0 Å². The van der Waals surface area contributed by atoms with Gasteiger partial charge in [0.05, 0.1) is 6.61 Å². The number of nitrogens with one attached hydrogen (secondary N) is 1. The summed E-state index contributed by atoms with van der Waals surface area (Å²) in [7, 11) is 0. The molecule has 1 aliphatic carbocycles. The van der Waals surface area contributed by atoms with Gasteiger partial charge in [0.2, 0.25) is 5.91 Å². The number of amides is 1. The van der Waals surface area contributed by atoms with E-state index in [4.69, 9.17) is 4.74 Å². The van der Waals surface area contributed by atoms with E-state index in [0.717, 1.165) is 31.6 Å². The summed E-state index contributed by atoms with van der Waals surface area (Å²) in [6.07, 6.45) is 8.02. The van der Waals surface area contributed by atoms with Crippen molar-refractivity contribution in [3.8, 4) is 0 Å². The summed E-state index contributed by atoms with van der Waals surface area (Å²) in [6.45, 7) is 4.29. The zero-order valence-electron chi connectivity index (χ0n) is 14.0. The highest BCUT2D eigenvalue weighted by Crippen LogP contribution is 2.32. The quantitative estimate of drug-likeness (QED) is 0.754. The van der Waals surface area contributed by atoms with Gasteiger partial charge in [-0.2, -0.15) is 0 Å². The van der Waals surface area contributed by atoms with Crippen molar-refractivity contribution < 1.29 is 14.3 Å². The number of carbonyl (C=O) groups excluding carboxylic acids is 2. The molecule has 1 aromatic heterocycles. The number of ether oxygens (including phenoxy) is 1. The number of aromatic nitrogens is 1. The van der Waals surface area contributed by atoms with Gasteiger partial charge in [-0.25, -0.2) is 9.78 Å². The molecule has 0 aliphatic heterocycles. The molecule has 0 atom stereocenters. The van der Waals surface area contributed by atoms with Gasteiger partial charge in [0.15, 0.2) is 10.8 Å². The molecule has 0 unspecified atom stereocenters. The van der Waals surface area contributed by atoms with Gasteiger partial charge < -0.3 is 10.1 Å². The minimum Gasteiger partial charge on any atom is -0.461 e. The van der Waals surface area contributed by atoms with Crippen LogP contribution in [0.3, 0.4) is 0 Å². The van der Waals surface area contributed by atoms with Crippen molar-refractivity contribution >= 4 is 28.3 Å². The van der Waals surface area contributed by atoms with E-state index in [1.54, 1.807) is 12.3 Å². The summed E-state index contributed by atoms with van der Waals surface area (Å²) in [6, 6.07) is 0. The zero-order chi connectivity index (χ0) is 16.7. The van der Waals surface area contributed by atoms with Gasteiger partial charge in [-0.3, -0.25) is 4.79 Å². The van der Waals surface area contributed by atoms with Crippen molar-refractivity contribution in [3.05, 3.63) is 11.1 Å². The van der Waals surface area contributed by atoms with E-state index in [0.29, 0.717) is 11.7 Å². The van der Waals surface area contributed by atoms with Crippen molar-refractivity contribution in [2.75, 3.05) is 11.9 Å². The molecule has 1 heterocycles. The highest BCUT2D eigenvalue weighted by atomic mass is 32.1. The molecule has 1 aromatic rings. The summed E-state index contributed by atoms with van der Waals surface area (Å²) < 4.78 is 4.90. The maximum Gasteiger partial charge on any atom is 0.357 e. The number of thiazole rings is 1. The molecule has 0 bridgehead atoms. The van der Waals surface area contributed by atoms with Crippen LogP contribution in [0.4, 0.5) is 5.13 Å². The Morgan fingerprint density at radius 1 is 1.30 bits per heavy atom. The SMILES string of the molecule is CCCCC1CCC(C(=O)Nc2nc(C(=O)OCC)cs2)CC1. The molecule has 1 aliphatic rings. The Morgan fingerprint density at radius 3 is 2.70 bits per heavy atom. The van der Waals surface area contributed by atoms with Crippen LogP contribution in [-0.2, 0) is 9.53 Å². The first-order chi connectivity index (χ1) is 11.1. The van der Waals surface area contributed by atoms with E-state index in [9.17, 15) is 9.59 Å². The van der Waals surface area contributed by atoms with Gasteiger partial charge in [-0.15, -0.1) is 11.3 Å². The van der Waals surface area contributed by atoms with Crippen LogP contribution in [-0.4, -0.2) is 23.5 Å². The third-order valence-corrected chi connectivity index (χ3v) is 5.16. The first-order valence-electron chi connectivity index (χ1n) is 8.57. The van der Waals surface area contributed by atoms with Gasteiger partial charge in [0, 0.05) is 11.3 Å². The van der Waals surface area contributed by atoms with Crippen molar-refractivity contribution in [3.63, 3.8) is 0 Å². The van der Waals surface area contributed by atoms with E-state index in [1.165, 1.54) is 30.6 Å². The van der Waals surface area contributed by atoms with Crippen LogP contribution < -0.4 is 5.32 Å². The Labute approximate surface area is 141 Å². The topological polar surface area (TPSA) is 68.3 Å². The van der Waals surface area contributed by atoms with Crippen molar-refractivity contribution in [2.45, 2.75) is 58.8 Å². The lowest BCUT2D eigenvalue weighted by Gasteiger charge is -2.27. The Morgan fingerprint density at radius 2 is 2.04 bits per heavy atom. The largest absolute Gasteiger partial charge is 0.461 e. The Bertz CT molecular complexity index is 522. The predicted molar refractivity (Wildman–Crippen MR) is 91.7 cm³/mol. The molecule has 0 spiro atoms. The average Bonchev–Trinajstić information content (AvgIpc) is 3.02. The van der Waals surface area contributed by atoms with Gasteiger partial charge >= 0.3 is 5.97 Å². The van der Waals surface area contributed by atoms with Crippen molar-refractivity contribution in [1.29, 1.82) is 0 Å². The van der Waals surface area contributed by atoms with Crippen LogP contribution >= 0.6 is 11.3 Å². The molecule has 5 nitrogen and oxygen atoms in total. The number of nitrogens with zero attached hydrogens (tertiary/aromatic N) is 1. The van der Waals surface area contributed by atoms with E-state index in [2.05, 4.69) is 17.2 Å². The van der Waals surface area contributed by atoms with Gasteiger partial charge in [0.25, 0.3) is 0 Å². The lowest BCUT2D eigenvalue weighted by molar-refractivity contribution is -0.121. The number of esters is 1. The Kier molecular flexibility index (Phi) is 7.02. The van der Waals surface area contributed by atoms with Gasteiger partial charge in [-0.05, 0) is 38.5 Å². The molecule has 6 heteroatoms. The van der Waals surface area contributed by atoms with Crippen LogP contribution in [0.5, 0.6) is 0 Å². The number of hydrogen-bond acceptors (Lipinski definition) is 5. The van der Waals surface area contributed by atoms with Crippen LogP contribution in [0.15, 0.2) is 5.38 Å². The number of rotatable bonds is 7. The lowest BCUT2D eigenvalue weighted by atomic mass is 9.79. The van der Waals surface area contributed by atoms with Gasteiger partial charge in [0.1, 0.15) is 0 Å². The minimum absolute atomic E-state index is 0.0312. The number of carbonyl (C=O) groups is 2. The maximum absolute atomic E-state index is 12.3. The Hall–Kier alpha value is -1.43. The summed E-state index contributed by atoms with van der Waals surface area (Å²) in [4.78, 5) is 28.0. The molecule has 1 N–H and O–H groups in total. The molecular weight excluding hydrogens is 312 g/mol. The molecule has 0 saturated heterocycles. The standard InChI is InChI=1S/C17H26N2O3S/c1-3-5-6-12-7-9-13(10-8-12)15(20)19-17-18-14(11-23-17)16(21)22-4-2/h11-13H,3-10H2,1-2H3,(H,18,19,20). The monoisotopic (exact) mass is 338 g/mol. The molecular formula is C17H26N2O3S. The average molecular weight is 338 g/mol. The second kappa shape index (κ2) is 9.01. The van der Waals surface area contributed by atoms with Gasteiger partial charge in [-0.1, -0.05) is 26.2 Å². The summed E-state index contributed by atoms with van der Waals surface area (Å²) >= 11 is 1.26.